The Morgan fingerprint density at radius 3 is 2.57 bits per heavy atom. The Hall–Kier alpha value is -3.28. The van der Waals surface area contributed by atoms with Gasteiger partial charge in [0.25, 0.3) is 5.91 Å². The molecule has 3 aromatic rings. The van der Waals surface area contributed by atoms with Gasteiger partial charge in [-0.15, -0.1) is 0 Å². The van der Waals surface area contributed by atoms with E-state index in [9.17, 15) is 9.59 Å². The highest BCUT2D eigenvalue weighted by Gasteiger charge is 2.35. The number of benzene rings is 2. The monoisotopic (exact) mass is 379 g/mol. The van der Waals surface area contributed by atoms with Crippen LogP contribution in [0.1, 0.15) is 29.8 Å². The SMILES string of the molecule is COc1ccc2ccc(OC(=O)C3CCCCN3C(=O)c3ccco3)cc2c1. The fraction of sp³-hybridized carbons (Fsp3) is 0.273. The number of hydrogen-bond acceptors (Lipinski definition) is 5. The van der Waals surface area contributed by atoms with Gasteiger partial charge < -0.3 is 18.8 Å². The molecular weight excluding hydrogens is 358 g/mol. The van der Waals surface area contributed by atoms with Crippen molar-refractivity contribution in [3.05, 3.63) is 60.6 Å². The van der Waals surface area contributed by atoms with Gasteiger partial charge in [-0.2, -0.15) is 0 Å². The number of amides is 1. The lowest BCUT2D eigenvalue weighted by molar-refractivity contribution is -0.140. The summed E-state index contributed by atoms with van der Waals surface area (Å²) >= 11 is 0. The Balaban J connectivity index is 1.54. The molecule has 2 heterocycles. The zero-order valence-corrected chi connectivity index (χ0v) is 15.6. The van der Waals surface area contributed by atoms with Crippen LogP contribution in [0.5, 0.6) is 11.5 Å². The first-order valence-electron chi connectivity index (χ1n) is 9.30. The van der Waals surface area contributed by atoms with Crippen molar-refractivity contribution in [1.29, 1.82) is 0 Å². The number of furan rings is 1. The second-order valence-corrected chi connectivity index (χ2v) is 6.78. The van der Waals surface area contributed by atoms with Gasteiger partial charge >= 0.3 is 5.97 Å². The molecule has 1 aliphatic rings. The molecule has 144 valence electrons. The first-order valence-corrected chi connectivity index (χ1v) is 9.30. The molecule has 1 aliphatic heterocycles. The number of nitrogens with zero attached hydrogens (tertiary/aromatic N) is 1. The third kappa shape index (κ3) is 3.58. The molecule has 1 unspecified atom stereocenters. The quantitative estimate of drug-likeness (QED) is 0.505. The van der Waals surface area contributed by atoms with Crippen LogP contribution in [0, 0.1) is 0 Å². The van der Waals surface area contributed by atoms with Gasteiger partial charge in [0.1, 0.15) is 17.5 Å². The van der Waals surface area contributed by atoms with E-state index in [1.165, 1.54) is 6.26 Å². The van der Waals surface area contributed by atoms with E-state index in [4.69, 9.17) is 13.9 Å². The van der Waals surface area contributed by atoms with Crippen LogP contribution in [0.15, 0.2) is 59.2 Å². The number of carbonyl (C=O) groups is 2. The van der Waals surface area contributed by atoms with Crippen molar-refractivity contribution in [3.63, 3.8) is 0 Å². The number of likely N-dealkylation sites (tertiary alicyclic amines) is 1. The van der Waals surface area contributed by atoms with Crippen molar-refractivity contribution in [2.75, 3.05) is 13.7 Å². The van der Waals surface area contributed by atoms with Crippen LogP contribution in [-0.4, -0.2) is 36.5 Å². The second-order valence-electron chi connectivity index (χ2n) is 6.78. The van der Waals surface area contributed by atoms with Gasteiger partial charge in [0.2, 0.25) is 0 Å². The second kappa shape index (κ2) is 7.76. The average Bonchev–Trinajstić information content (AvgIpc) is 3.27. The van der Waals surface area contributed by atoms with Gasteiger partial charge in [0, 0.05) is 6.54 Å². The van der Waals surface area contributed by atoms with Crippen molar-refractivity contribution < 1.29 is 23.5 Å². The van der Waals surface area contributed by atoms with E-state index in [2.05, 4.69) is 0 Å². The van der Waals surface area contributed by atoms with E-state index < -0.39 is 12.0 Å². The first-order chi connectivity index (χ1) is 13.7. The van der Waals surface area contributed by atoms with Crippen LogP contribution in [-0.2, 0) is 4.79 Å². The normalized spacial score (nSPS) is 16.8. The Labute approximate surface area is 162 Å². The summed E-state index contributed by atoms with van der Waals surface area (Å²) in [5, 5.41) is 1.93. The highest BCUT2D eigenvalue weighted by atomic mass is 16.5. The smallest absolute Gasteiger partial charge is 0.334 e. The number of methoxy groups -OCH3 is 1. The molecule has 0 spiro atoms. The zero-order valence-electron chi connectivity index (χ0n) is 15.6. The minimum Gasteiger partial charge on any atom is -0.497 e. The fourth-order valence-electron chi connectivity index (χ4n) is 3.54. The molecular formula is C22H21NO5. The van der Waals surface area contributed by atoms with Gasteiger partial charge in [0.05, 0.1) is 13.4 Å². The summed E-state index contributed by atoms with van der Waals surface area (Å²) in [6, 6.07) is 13.8. The van der Waals surface area contributed by atoms with Crippen LogP contribution in [0.25, 0.3) is 10.8 Å². The Morgan fingerprint density at radius 2 is 1.82 bits per heavy atom. The first kappa shape index (κ1) is 18.1. The summed E-state index contributed by atoms with van der Waals surface area (Å²) < 4.78 is 16.1. The van der Waals surface area contributed by atoms with E-state index in [-0.39, 0.29) is 11.7 Å². The molecule has 0 N–H and O–H groups in total. The Morgan fingerprint density at radius 1 is 1.04 bits per heavy atom. The summed E-state index contributed by atoms with van der Waals surface area (Å²) in [5.41, 5.74) is 0. The van der Waals surface area contributed by atoms with E-state index in [0.717, 1.165) is 29.4 Å². The third-order valence-corrected chi connectivity index (χ3v) is 5.01. The summed E-state index contributed by atoms with van der Waals surface area (Å²) in [4.78, 5) is 27.1. The Kier molecular flexibility index (Phi) is 5.02. The van der Waals surface area contributed by atoms with Gasteiger partial charge in [-0.05, 0) is 66.4 Å². The summed E-state index contributed by atoms with van der Waals surface area (Å²) in [6.07, 6.45) is 3.75. The summed E-state index contributed by atoms with van der Waals surface area (Å²) in [7, 11) is 1.61. The predicted octanol–water partition coefficient (Wildman–Crippen LogP) is 4.04. The third-order valence-electron chi connectivity index (χ3n) is 5.01. The summed E-state index contributed by atoms with van der Waals surface area (Å²) in [6.45, 7) is 0.508. The molecule has 0 saturated carbocycles. The van der Waals surface area contributed by atoms with Crippen LogP contribution in [0.4, 0.5) is 0 Å². The predicted molar refractivity (Wildman–Crippen MR) is 104 cm³/mol. The molecule has 0 radical (unpaired) electrons. The maximum absolute atomic E-state index is 12.8. The lowest BCUT2D eigenvalue weighted by atomic mass is 10.0. The minimum atomic E-state index is -0.618. The molecule has 2 aromatic carbocycles. The van der Waals surface area contributed by atoms with Crippen molar-refractivity contribution in [2.24, 2.45) is 0 Å². The standard InChI is InChI=1S/C22H21NO5/c1-26-17-9-7-15-8-10-18(14-16(15)13-17)28-22(25)19-5-2-3-11-23(19)21(24)20-6-4-12-27-20/h4,6-10,12-14,19H,2-3,5,11H2,1H3. The van der Waals surface area contributed by atoms with Gasteiger partial charge in [-0.1, -0.05) is 12.1 Å². The largest absolute Gasteiger partial charge is 0.497 e. The van der Waals surface area contributed by atoms with Gasteiger partial charge in [-0.25, -0.2) is 4.79 Å². The topological polar surface area (TPSA) is 69.0 Å². The maximum Gasteiger partial charge on any atom is 0.334 e. The molecule has 4 rings (SSSR count). The molecule has 6 heteroatoms. The molecule has 0 aliphatic carbocycles. The number of esters is 1. The van der Waals surface area contributed by atoms with Crippen molar-refractivity contribution in [3.8, 4) is 11.5 Å². The number of piperidine rings is 1. The zero-order chi connectivity index (χ0) is 19.5. The molecule has 28 heavy (non-hydrogen) atoms. The fourth-order valence-corrected chi connectivity index (χ4v) is 3.54. The molecule has 0 bridgehead atoms. The number of rotatable bonds is 4. The van der Waals surface area contributed by atoms with Crippen LogP contribution < -0.4 is 9.47 Å². The number of fused-ring (bicyclic) bond motifs is 1. The van der Waals surface area contributed by atoms with E-state index >= 15 is 0 Å². The summed E-state index contributed by atoms with van der Waals surface area (Å²) in [5.74, 6) is 0.703. The van der Waals surface area contributed by atoms with E-state index in [1.54, 1.807) is 36.3 Å². The molecule has 1 aromatic heterocycles. The molecule has 1 amide bonds. The molecule has 1 atom stereocenters. The molecule has 1 fully saturated rings. The number of hydrogen-bond donors (Lipinski definition) is 0. The lowest BCUT2D eigenvalue weighted by Gasteiger charge is -2.33. The van der Waals surface area contributed by atoms with Gasteiger partial charge in [-0.3, -0.25) is 4.79 Å². The number of carbonyl (C=O) groups excluding carboxylic acids is 2. The average molecular weight is 379 g/mol. The van der Waals surface area contributed by atoms with Crippen LogP contribution >= 0.6 is 0 Å². The highest BCUT2D eigenvalue weighted by molar-refractivity contribution is 5.95. The highest BCUT2D eigenvalue weighted by Crippen LogP contribution is 2.27. The van der Waals surface area contributed by atoms with Crippen molar-refractivity contribution >= 4 is 22.6 Å². The van der Waals surface area contributed by atoms with Crippen LogP contribution in [0.3, 0.4) is 0 Å². The minimum absolute atomic E-state index is 0.234. The van der Waals surface area contributed by atoms with E-state index in [1.807, 2.05) is 24.3 Å². The maximum atomic E-state index is 12.8. The number of ether oxygens (including phenoxy) is 2. The van der Waals surface area contributed by atoms with Gasteiger partial charge in [0.15, 0.2) is 5.76 Å². The Bertz CT molecular complexity index is 995. The molecule has 1 saturated heterocycles. The molecule has 6 nitrogen and oxygen atoms in total. The van der Waals surface area contributed by atoms with Crippen molar-refractivity contribution in [1.82, 2.24) is 4.90 Å². The van der Waals surface area contributed by atoms with E-state index in [0.29, 0.717) is 18.7 Å². The lowest BCUT2D eigenvalue weighted by Crippen LogP contribution is -2.49. The van der Waals surface area contributed by atoms with Crippen LogP contribution in [0.2, 0.25) is 0 Å². The van der Waals surface area contributed by atoms with Crippen molar-refractivity contribution in [2.45, 2.75) is 25.3 Å².